The molecule has 2 aromatic heterocycles. The zero-order valence-electron chi connectivity index (χ0n) is 10.7. The fourth-order valence-corrected chi connectivity index (χ4v) is 4.28. The second-order valence-electron chi connectivity index (χ2n) is 4.18. The van der Waals surface area contributed by atoms with Crippen LogP contribution in [0, 0.1) is 0 Å². The first kappa shape index (κ1) is 15.5. The Balaban J connectivity index is 2.27. The molecule has 0 aliphatic heterocycles. The summed E-state index contributed by atoms with van der Waals surface area (Å²) in [6.07, 6.45) is 3.68. The number of benzene rings is 1. The predicted molar refractivity (Wildman–Crippen MR) is 98.5 cm³/mol. The maximum absolute atomic E-state index is 11.6. The smallest absolute Gasteiger partial charge is 0.218 e. The Kier molecular flexibility index (Phi) is 4.68. The van der Waals surface area contributed by atoms with Crippen LogP contribution in [0.15, 0.2) is 40.1 Å². The standard InChI is InChI=1S/C12H9BrIN4OPS/c1-21(19)12-15-5-4-9(16-12)11-8-6-7(13)2-3-10(8)18(17-11)20-14/h2-6,20H,1H3. The molecule has 0 aliphatic rings. The summed E-state index contributed by atoms with van der Waals surface area (Å²) in [5, 5.41) is 5.97. The van der Waals surface area contributed by atoms with Crippen molar-refractivity contribution in [2.75, 3.05) is 6.26 Å². The molecule has 0 saturated heterocycles. The second-order valence-corrected chi connectivity index (χ2v) is 8.41. The van der Waals surface area contributed by atoms with Crippen LogP contribution in [0.4, 0.5) is 0 Å². The Hall–Kier alpha value is -0.440. The highest BCUT2D eigenvalue weighted by Gasteiger charge is 2.15. The molecule has 108 valence electrons. The Bertz CT molecular complexity index is 856. The monoisotopic (exact) mass is 494 g/mol. The first-order chi connectivity index (χ1) is 10.1. The summed E-state index contributed by atoms with van der Waals surface area (Å²) in [5.41, 5.74) is 2.52. The van der Waals surface area contributed by atoms with E-state index in [4.69, 9.17) is 0 Å². The molecule has 0 radical (unpaired) electrons. The van der Waals surface area contributed by atoms with Gasteiger partial charge >= 0.3 is 0 Å². The molecule has 0 bridgehead atoms. The van der Waals surface area contributed by atoms with Crippen molar-refractivity contribution in [3.8, 4) is 11.4 Å². The molecule has 9 heteroatoms. The van der Waals surface area contributed by atoms with Crippen molar-refractivity contribution < 1.29 is 4.21 Å². The molecule has 0 N–H and O–H groups in total. The van der Waals surface area contributed by atoms with E-state index < -0.39 is 10.8 Å². The van der Waals surface area contributed by atoms with Gasteiger partial charge in [-0.1, -0.05) is 15.9 Å². The lowest BCUT2D eigenvalue weighted by Gasteiger charge is -1.99. The van der Waals surface area contributed by atoms with Crippen LogP contribution in [-0.2, 0) is 10.8 Å². The largest absolute Gasteiger partial charge is 0.251 e. The summed E-state index contributed by atoms with van der Waals surface area (Å²) < 4.78 is 14.5. The number of rotatable bonds is 3. The topological polar surface area (TPSA) is 60.7 Å². The van der Waals surface area contributed by atoms with Gasteiger partial charge in [0.05, 0.1) is 28.4 Å². The molecule has 0 fully saturated rings. The zero-order valence-corrected chi connectivity index (χ0v) is 16.3. The van der Waals surface area contributed by atoms with Crippen LogP contribution in [0.3, 0.4) is 0 Å². The van der Waals surface area contributed by atoms with E-state index in [1.54, 1.807) is 18.5 Å². The van der Waals surface area contributed by atoms with Crippen molar-refractivity contribution in [2.24, 2.45) is 0 Å². The number of nitrogens with zero attached hydrogens (tertiary/aromatic N) is 4. The number of fused-ring (bicyclic) bond motifs is 1. The molecule has 0 spiro atoms. The molecular formula is C12H9BrIN4OPS. The molecule has 1 aromatic carbocycles. The zero-order chi connectivity index (χ0) is 15.0. The fourth-order valence-electron chi connectivity index (χ4n) is 1.96. The van der Waals surface area contributed by atoms with Crippen LogP contribution >= 0.6 is 44.3 Å². The molecule has 5 nitrogen and oxygen atoms in total. The second kappa shape index (κ2) is 6.36. The van der Waals surface area contributed by atoms with Crippen LogP contribution in [0.2, 0.25) is 0 Å². The normalized spacial score (nSPS) is 13.3. The highest BCUT2D eigenvalue weighted by molar-refractivity contribution is 14.2. The van der Waals surface area contributed by atoms with Crippen LogP contribution in [0.1, 0.15) is 0 Å². The summed E-state index contributed by atoms with van der Waals surface area (Å²) in [5.74, 6) is 0. The van der Waals surface area contributed by atoms with Gasteiger partial charge in [0, 0.05) is 22.3 Å². The lowest BCUT2D eigenvalue weighted by molar-refractivity contribution is 0.680. The maximum Gasteiger partial charge on any atom is 0.218 e. The van der Waals surface area contributed by atoms with E-state index >= 15 is 0 Å². The summed E-state index contributed by atoms with van der Waals surface area (Å²) >= 11 is 5.79. The molecule has 3 aromatic rings. The molecule has 0 aliphatic carbocycles. The van der Waals surface area contributed by atoms with Gasteiger partial charge in [0.25, 0.3) is 0 Å². The average molecular weight is 495 g/mol. The van der Waals surface area contributed by atoms with Crippen molar-refractivity contribution >= 4 is 66.0 Å². The number of aromatic nitrogens is 4. The highest BCUT2D eigenvalue weighted by atomic mass is 127. The molecule has 2 heterocycles. The lowest BCUT2D eigenvalue weighted by Crippen LogP contribution is -1.98. The van der Waals surface area contributed by atoms with Gasteiger partial charge in [-0.15, -0.1) is 0 Å². The Morgan fingerprint density at radius 2 is 2.19 bits per heavy atom. The number of hydrogen-bond donors (Lipinski definition) is 0. The van der Waals surface area contributed by atoms with Gasteiger partial charge < -0.3 is 0 Å². The molecule has 2 atom stereocenters. The molecule has 3 rings (SSSR count). The van der Waals surface area contributed by atoms with Gasteiger partial charge in [-0.3, -0.25) is 4.21 Å². The van der Waals surface area contributed by atoms with Gasteiger partial charge in [-0.2, -0.15) is 5.10 Å². The maximum atomic E-state index is 11.6. The van der Waals surface area contributed by atoms with Crippen molar-refractivity contribution in [1.82, 2.24) is 19.5 Å². The van der Waals surface area contributed by atoms with E-state index in [1.165, 1.54) is 0 Å². The first-order valence-electron chi connectivity index (χ1n) is 5.82. The molecule has 0 saturated carbocycles. The third kappa shape index (κ3) is 3.04. The van der Waals surface area contributed by atoms with Crippen molar-refractivity contribution in [1.29, 1.82) is 0 Å². The van der Waals surface area contributed by atoms with E-state index in [2.05, 4.69) is 53.0 Å². The van der Waals surface area contributed by atoms with E-state index in [0.29, 0.717) is 17.2 Å². The van der Waals surface area contributed by atoms with Crippen molar-refractivity contribution in [2.45, 2.75) is 5.16 Å². The van der Waals surface area contributed by atoms with Crippen LogP contribution in [0.25, 0.3) is 22.3 Å². The minimum absolute atomic E-state index is 0.321. The summed E-state index contributed by atoms with van der Waals surface area (Å²) in [7, 11) is -1.21. The average Bonchev–Trinajstić information content (AvgIpc) is 2.85. The molecular weight excluding hydrogens is 486 g/mol. The van der Waals surface area contributed by atoms with Gasteiger partial charge in [0.2, 0.25) is 5.16 Å². The SMILES string of the molecule is CS(=O)c1nccc(-c2nn(PI)c3ccc(Br)cc23)n1. The third-order valence-corrected chi connectivity index (χ3v) is 5.93. The Labute approximate surface area is 146 Å². The molecule has 0 amide bonds. The van der Waals surface area contributed by atoms with Gasteiger partial charge in [0.1, 0.15) is 5.69 Å². The van der Waals surface area contributed by atoms with Gasteiger partial charge in [-0.25, -0.2) is 14.4 Å². The molecule has 21 heavy (non-hydrogen) atoms. The highest BCUT2D eigenvalue weighted by Crippen LogP contribution is 2.35. The first-order valence-corrected chi connectivity index (χ1v) is 12.2. The fraction of sp³-hybridized carbons (Fsp3) is 0.0833. The molecule has 2 unspecified atom stereocenters. The Morgan fingerprint density at radius 1 is 1.38 bits per heavy atom. The quantitative estimate of drug-likeness (QED) is 0.316. The van der Waals surface area contributed by atoms with Gasteiger partial charge in [-0.05, 0) is 46.3 Å². The van der Waals surface area contributed by atoms with Gasteiger partial charge in [0.15, 0.2) is 0 Å². The van der Waals surface area contributed by atoms with Crippen LogP contribution < -0.4 is 0 Å². The van der Waals surface area contributed by atoms with Crippen molar-refractivity contribution in [3.63, 3.8) is 0 Å². The Morgan fingerprint density at radius 3 is 2.90 bits per heavy atom. The summed E-state index contributed by atoms with van der Waals surface area (Å²) in [4.78, 5) is 8.40. The van der Waals surface area contributed by atoms with Crippen molar-refractivity contribution in [3.05, 3.63) is 34.9 Å². The van der Waals surface area contributed by atoms with Crippen LogP contribution in [0.5, 0.6) is 0 Å². The predicted octanol–water partition coefficient (Wildman–Crippen LogP) is 3.78. The lowest BCUT2D eigenvalue weighted by atomic mass is 10.1. The summed E-state index contributed by atoms with van der Waals surface area (Å²) in [6, 6.07) is 7.84. The van der Waals surface area contributed by atoms with E-state index in [1.807, 2.05) is 22.7 Å². The van der Waals surface area contributed by atoms with E-state index in [0.717, 1.165) is 21.1 Å². The minimum Gasteiger partial charge on any atom is -0.251 e. The number of halogens is 2. The van der Waals surface area contributed by atoms with Crippen LogP contribution in [-0.4, -0.2) is 30.0 Å². The minimum atomic E-state index is -1.21. The number of hydrogen-bond acceptors (Lipinski definition) is 4. The third-order valence-electron chi connectivity index (χ3n) is 2.86. The summed E-state index contributed by atoms with van der Waals surface area (Å²) in [6.45, 7) is 0. The van der Waals surface area contributed by atoms with E-state index in [-0.39, 0.29) is 0 Å². The van der Waals surface area contributed by atoms with E-state index in [9.17, 15) is 4.21 Å².